The SMILES string of the molecule is NC(N)=NCc1ccc(-c2ccc(C(=O)NCCC(=O)O)s2)cc1.NS(=O)(=O)c1ccccc1. The molecular weight excluding hydrogens is 478 g/mol. The van der Waals surface area contributed by atoms with E-state index in [0.717, 1.165) is 16.0 Å². The highest BCUT2D eigenvalue weighted by molar-refractivity contribution is 7.89. The number of guanidine groups is 1. The highest BCUT2D eigenvalue weighted by Gasteiger charge is 2.10. The van der Waals surface area contributed by atoms with E-state index in [1.54, 1.807) is 24.3 Å². The Kier molecular flexibility index (Phi) is 9.74. The predicted octanol–water partition coefficient (Wildman–Crippen LogP) is 1.73. The zero-order chi connectivity index (χ0) is 25.1. The van der Waals surface area contributed by atoms with Gasteiger partial charge in [0.15, 0.2) is 5.96 Å². The zero-order valence-corrected chi connectivity index (χ0v) is 19.7. The van der Waals surface area contributed by atoms with Crippen molar-refractivity contribution in [1.29, 1.82) is 0 Å². The molecule has 0 saturated carbocycles. The molecule has 34 heavy (non-hydrogen) atoms. The van der Waals surface area contributed by atoms with Crippen LogP contribution in [0.4, 0.5) is 0 Å². The maximum absolute atomic E-state index is 11.9. The first-order valence-corrected chi connectivity index (χ1v) is 12.2. The molecule has 0 aliphatic heterocycles. The smallest absolute Gasteiger partial charge is 0.305 e. The third-order valence-electron chi connectivity index (χ3n) is 4.21. The van der Waals surface area contributed by atoms with Crippen molar-refractivity contribution in [3.8, 4) is 10.4 Å². The molecule has 1 aromatic heterocycles. The Balaban J connectivity index is 0.000000340. The highest BCUT2D eigenvalue weighted by atomic mass is 32.2. The van der Waals surface area contributed by atoms with Gasteiger partial charge in [0.25, 0.3) is 5.91 Å². The minimum Gasteiger partial charge on any atom is -0.481 e. The number of hydrogen-bond donors (Lipinski definition) is 5. The molecule has 10 nitrogen and oxygen atoms in total. The standard InChI is InChI=1S/C16H18N4O3S.C6H7NO2S/c17-16(18)20-9-10-1-3-11(4-2-10)12-5-6-13(24-12)15(23)19-8-7-14(21)22;7-10(8,9)6-4-2-1-3-5-6/h1-6H,7-9H2,(H,19,23)(H,21,22)(H4,17,18,20);1-5H,(H2,7,8,9). The Morgan fingerprint density at radius 3 is 2.15 bits per heavy atom. The Morgan fingerprint density at radius 2 is 1.62 bits per heavy atom. The summed E-state index contributed by atoms with van der Waals surface area (Å²) in [4.78, 5) is 28.0. The van der Waals surface area contributed by atoms with Crippen molar-refractivity contribution in [3.63, 3.8) is 0 Å². The fraction of sp³-hybridized carbons (Fsp3) is 0.136. The van der Waals surface area contributed by atoms with Gasteiger partial charge in [-0.2, -0.15) is 0 Å². The molecule has 1 amide bonds. The van der Waals surface area contributed by atoms with E-state index < -0.39 is 16.0 Å². The summed E-state index contributed by atoms with van der Waals surface area (Å²) in [5.41, 5.74) is 12.6. The number of nitrogens with one attached hydrogen (secondary N) is 1. The summed E-state index contributed by atoms with van der Waals surface area (Å²) in [6.07, 6.45) is -0.0960. The van der Waals surface area contributed by atoms with E-state index in [1.165, 1.54) is 23.5 Å². The summed E-state index contributed by atoms with van der Waals surface area (Å²) in [7, 11) is -3.50. The van der Waals surface area contributed by atoms with Crippen molar-refractivity contribution >= 4 is 39.2 Å². The van der Waals surface area contributed by atoms with E-state index in [9.17, 15) is 18.0 Å². The number of carbonyl (C=O) groups excluding carboxylic acids is 1. The van der Waals surface area contributed by atoms with Gasteiger partial charge < -0.3 is 21.9 Å². The van der Waals surface area contributed by atoms with Gasteiger partial charge >= 0.3 is 5.97 Å². The van der Waals surface area contributed by atoms with Crippen LogP contribution in [0.5, 0.6) is 0 Å². The monoisotopic (exact) mass is 503 g/mol. The maximum Gasteiger partial charge on any atom is 0.305 e. The molecule has 3 rings (SSSR count). The molecule has 8 N–H and O–H groups in total. The summed E-state index contributed by atoms with van der Waals surface area (Å²) in [6, 6.07) is 19.2. The molecule has 3 aromatic rings. The number of carbonyl (C=O) groups is 2. The number of thiophene rings is 1. The molecule has 1 heterocycles. The Hall–Kier alpha value is -3.74. The number of nitrogens with two attached hydrogens (primary N) is 3. The lowest BCUT2D eigenvalue weighted by atomic mass is 10.1. The molecule has 12 heteroatoms. The van der Waals surface area contributed by atoms with E-state index in [4.69, 9.17) is 21.7 Å². The molecule has 0 bridgehead atoms. The average molecular weight is 504 g/mol. The molecule has 180 valence electrons. The van der Waals surface area contributed by atoms with Crippen LogP contribution in [0.2, 0.25) is 0 Å². The third-order valence-corrected chi connectivity index (χ3v) is 6.27. The second kappa shape index (κ2) is 12.5. The van der Waals surface area contributed by atoms with Crippen LogP contribution in [-0.4, -0.2) is 37.9 Å². The van der Waals surface area contributed by atoms with Crippen molar-refractivity contribution in [2.24, 2.45) is 21.6 Å². The fourth-order valence-corrected chi connectivity index (χ4v) is 4.02. The van der Waals surface area contributed by atoms with Gasteiger partial charge in [-0.3, -0.25) is 9.59 Å². The van der Waals surface area contributed by atoms with Crippen molar-refractivity contribution in [3.05, 3.63) is 77.2 Å². The minimum absolute atomic E-state index is 0.0517. The van der Waals surface area contributed by atoms with Gasteiger partial charge in [0.2, 0.25) is 10.0 Å². The minimum atomic E-state index is -3.50. The van der Waals surface area contributed by atoms with Gasteiger partial charge in [0.05, 0.1) is 22.7 Å². The number of carboxylic acids is 1. The van der Waals surface area contributed by atoms with E-state index in [1.807, 2.05) is 30.3 Å². The van der Waals surface area contributed by atoms with Crippen LogP contribution < -0.4 is 21.9 Å². The van der Waals surface area contributed by atoms with Crippen molar-refractivity contribution in [1.82, 2.24) is 5.32 Å². The van der Waals surface area contributed by atoms with Gasteiger partial charge in [0.1, 0.15) is 0 Å². The van der Waals surface area contributed by atoms with Crippen LogP contribution in [0.1, 0.15) is 21.7 Å². The number of hydrogen-bond acceptors (Lipinski definition) is 6. The van der Waals surface area contributed by atoms with E-state index >= 15 is 0 Å². The summed E-state index contributed by atoms with van der Waals surface area (Å²) < 4.78 is 21.2. The summed E-state index contributed by atoms with van der Waals surface area (Å²) >= 11 is 1.35. The number of nitrogens with zero attached hydrogens (tertiary/aromatic N) is 1. The van der Waals surface area contributed by atoms with E-state index in [2.05, 4.69) is 10.3 Å². The second-order valence-electron chi connectivity index (χ2n) is 6.86. The lowest BCUT2D eigenvalue weighted by Crippen LogP contribution is -2.25. The second-order valence-corrected chi connectivity index (χ2v) is 9.50. The molecule has 2 aromatic carbocycles. The average Bonchev–Trinajstić information content (AvgIpc) is 3.29. The largest absolute Gasteiger partial charge is 0.481 e. The molecule has 0 spiro atoms. The third kappa shape index (κ3) is 9.02. The van der Waals surface area contributed by atoms with Gasteiger partial charge in [-0.1, -0.05) is 42.5 Å². The molecular formula is C22H25N5O5S2. The summed E-state index contributed by atoms with van der Waals surface area (Å²) in [6.45, 7) is 0.533. The van der Waals surface area contributed by atoms with Crippen LogP contribution in [-0.2, 0) is 21.4 Å². The van der Waals surface area contributed by atoms with Crippen LogP contribution >= 0.6 is 11.3 Å². The van der Waals surface area contributed by atoms with Crippen molar-refractivity contribution < 1.29 is 23.1 Å². The quantitative estimate of drug-likeness (QED) is 0.228. The predicted molar refractivity (Wildman–Crippen MR) is 132 cm³/mol. The van der Waals surface area contributed by atoms with Gasteiger partial charge in [0, 0.05) is 11.4 Å². The van der Waals surface area contributed by atoms with E-state index in [-0.39, 0.29) is 29.7 Å². The first-order valence-electron chi connectivity index (χ1n) is 9.88. The number of aliphatic carboxylic acids is 1. The first-order chi connectivity index (χ1) is 16.1. The number of primary sulfonamides is 1. The van der Waals surface area contributed by atoms with Gasteiger partial charge in [-0.25, -0.2) is 18.5 Å². The normalized spacial score (nSPS) is 10.5. The molecule has 0 radical (unpaired) electrons. The number of aliphatic imine (C=N–C) groups is 1. The van der Waals surface area contributed by atoms with E-state index in [0.29, 0.717) is 11.4 Å². The number of rotatable bonds is 8. The van der Waals surface area contributed by atoms with Crippen molar-refractivity contribution in [2.75, 3.05) is 6.54 Å². The van der Waals surface area contributed by atoms with Crippen LogP contribution in [0, 0.1) is 0 Å². The van der Waals surface area contributed by atoms with Crippen LogP contribution in [0.25, 0.3) is 10.4 Å². The van der Waals surface area contributed by atoms with Crippen LogP contribution in [0.3, 0.4) is 0 Å². The summed E-state index contributed by atoms with van der Waals surface area (Å²) in [5, 5.41) is 16.0. The van der Waals surface area contributed by atoms with Gasteiger partial charge in [-0.05, 0) is 35.4 Å². The number of benzene rings is 2. The molecule has 0 fully saturated rings. The van der Waals surface area contributed by atoms with Crippen molar-refractivity contribution in [2.45, 2.75) is 17.9 Å². The Morgan fingerprint density at radius 1 is 0.971 bits per heavy atom. The number of sulfonamides is 1. The first kappa shape index (κ1) is 26.5. The van der Waals surface area contributed by atoms with Crippen LogP contribution in [0.15, 0.2) is 76.6 Å². The maximum atomic E-state index is 11.9. The summed E-state index contributed by atoms with van der Waals surface area (Å²) in [5.74, 6) is -1.16. The highest BCUT2D eigenvalue weighted by Crippen LogP contribution is 2.28. The molecule has 0 atom stereocenters. The Bertz CT molecular complexity index is 1240. The molecule has 0 unspecified atom stereocenters. The Labute approximate surface area is 201 Å². The number of amides is 1. The van der Waals surface area contributed by atoms with Gasteiger partial charge in [-0.15, -0.1) is 11.3 Å². The molecule has 0 aliphatic rings. The molecule has 0 aliphatic carbocycles. The lowest BCUT2D eigenvalue weighted by Gasteiger charge is -2.01. The lowest BCUT2D eigenvalue weighted by molar-refractivity contribution is -0.136. The fourth-order valence-electron chi connectivity index (χ4n) is 2.55. The molecule has 0 saturated heterocycles. The number of carboxylic acid groups (broad SMARTS) is 1. The zero-order valence-electron chi connectivity index (χ0n) is 18.0. The topological polar surface area (TPSA) is 191 Å².